The number of nitrogens with two attached hydrogens (primary N) is 1. The lowest BCUT2D eigenvalue weighted by molar-refractivity contribution is 1.34. The molecule has 2 N–H and O–H groups in total. The van der Waals surface area contributed by atoms with Crippen LogP contribution in [0.25, 0.3) is 0 Å². The lowest BCUT2D eigenvalue weighted by Gasteiger charge is -2.10. The predicted octanol–water partition coefficient (Wildman–Crippen LogP) is 0.988. The maximum Gasteiger partial charge on any atom is 0.0719 e. The number of rotatable bonds is 0. The summed E-state index contributed by atoms with van der Waals surface area (Å²) in [5, 5.41) is 1.16. The van der Waals surface area contributed by atoms with Crippen molar-refractivity contribution in [1.29, 1.82) is 0 Å². The van der Waals surface area contributed by atoms with Crippen LogP contribution in [0.2, 0.25) is 0 Å². The van der Waals surface area contributed by atoms with Crippen molar-refractivity contribution in [3.63, 3.8) is 0 Å². The molecule has 0 atom stereocenters. The van der Waals surface area contributed by atoms with E-state index in [4.69, 9.17) is 5.73 Å². The molecule has 1 aromatic rings. The van der Waals surface area contributed by atoms with E-state index >= 15 is 0 Å². The average Bonchev–Trinajstić information content (AvgIpc) is 1.97. The molecule has 0 unspecified atom stereocenters. The van der Waals surface area contributed by atoms with Crippen LogP contribution in [-0.4, -0.2) is 10.2 Å². The van der Waals surface area contributed by atoms with Gasteiger partial charge in [0, 0.05) is 5.69 Å². The molecule has 11 heavy (non-hydrogen) atoms. The van der Waals surface area contributed by atoms with E-state index in [2.05, 4.69) is 17.2 Å². The molecule has 0 aliphatic carbocycles. The minimum absolute atomic E-state index is 0.877. The number of hydrogen-bond acceptors (Lipinski definition) is 1. The summed E-state index contributed by atoms with van der Waals surface area (Å²) >= 11 is 0. The molecular formula is C9H12NSi. The number of benzene rings is 1. The van der Waals surface area contributed by atoms with Gasteiger partial charge in [0.15, 0.2) is 0 Å². The molecule has 57 valence electrons. The molecule has 0 amide bonds. The molecule has 0 saturated carbocycles. The van der Waals surface area contributed by atoms with Crippen LogP contribution in [0.4, 0.5) is 5.69 Å². The Labute approximate surface area is 71.0 Å². The van der Waals surface area contributed by atoms with Crippen LogP contribution < -0.4 is 10.9 Å². The second kappa shape index (κ2) is 2.70. The fourth-order valence-corrected chi connectivity index (χ4v) is 1.37. The largest absolute Gasteiger partial charge is 0.398 e. The second-order valence-corrected chi connectivity index (χ2v) is 3.41. The molecule has 1 aromatic carbocycles. The fraction of sp³-hybridized carbons (Fsp3) is 0.333. The summed E-state index contributed by atoms with van der Waals surface area (Å²) in [6.45, 7) is 6.15. The van der Waals surface area contributed by atoms with Crippen molar-refractivity contribution in [2.45, 2.75) is 20.8 Å². The SMILES string of the molecule is Cc1cc(N)c(C)c(C)c1[Si]. The molecule has 0 heterocycles. The van der Waals surface area contributed by atoms with E-state index in [1.165, 1.54) is 16.7 Å². The maximum absolute atomic E-state index is 5.77. The summed E-state index contributed by atoms with van der Waals surface area (Å²) in [6.07, 6.45) is 0. The highest BCUT2D eigenvalue weighted by molar-refractivity contribution is 6.34. The standard InChI is InChI=1S/C9H12NSi/c1-5-4-8(10)6(2)7(3)9(5)11/h4H,10H2,1-3H3. The summed E-state index contributed by atoms with van der Waals surface area (Å²) < 4.78 is 0. The van der Waals surface area contributed by atoms with Gasteiger partial charge in [-0.3, -0.25) is 0 Å². The van der Waals surface area contributed by atoms with Gasteiger partial charge in [-0.25, -0.2) is 0 Å². The maximum atomic E-state index is 5.77. The zero-order valence-electron chi connectivity index (χ0n) is 7.15. The van der Waals surface area contributed by atoms with Gasteiger partial charge in [-0.1, -0.05) is 10.8 Å². The summed E-state index contributed by atoms with van der Waals surface area (Å²) in [6, 6.07) is 1.99. The quantitative estimate of drug-likeness (QED) is 0.447. The van der Waals surface area contributed by atoms with Crippen LogP contribution in [-0.2, 0) is 0 Å². The number of hydrogen-bond donors (Lipinski definition) is 1. The third-order valence-electron chi connectivity index (χ3n) is 2.14. The Hall–Kier alpha value is -0.763. The molecule has 0 aliphatic heterocycles. The van der Waals surface area contributed by atoms with Crippen molar-refractivity contribution < 1.29 is 0 Å². The van der Waals surface area contributed by atoms with Gasteiger partial charge < -0.3 is 5.73 Å². The van der Waals surface area contributed by atoms with Gasteiger partial charge >= 0.3 is 0 Å². The van der Waals surface area contributed by atoms with E-state index in [9.17, 15) is 0 Å². The molecule has 0 spiro atoms. The first-order valence-corrected chi connectivity index (χ1v) is 4.12. The van der Waals surface area contributed by atoms with Gasteiger partial charge in [-0.2, -0.15) is 0 Å². The third kappa shape index (κ3) is 1.31. The van der Waals surface area contributed by atoms with E-state index in [1.807, 2.05) is 19.9 Å². The third-order valence-corrected chi connectivity index (χ3v) is 2.91. The molecule has 0 saturated heterocycles. The molecule has 1 nitrogen and oxygen atoms in total. The molecule has 0 bridgehead atoms. The fourth-order valence-electron chi connectivity index (χ4n) is 1.11. The zero-order valence-corrected chi connectivity index (χ0v) is 8.15. The smallest absolute Gasteiger partial charge is 0.0719 e. The van der Waals surface area contributed by atoms with Crippen LogP contribution in [0, 0.1) is 20.8 Å². The number of nitrogen functional groups attached to an aromatic ring is 1. The Bertz CT molecular complexity index is 266. The molecule has 1 rings (SSSR count). The average molecular weight is 162 g/mol. The second-order valence-electron chi connectivity index (χ2n) is 2.91. The first-order valence-electron chi connectivity index (χ1n) is 3.62. The molecule has 0 aliphatic rings. The molecule has 0 aromatic heterocycles. The van der Waals surface area contributed by atoms with Crippen molar-refractivity contribution >= 4 is 21.1 Å². The van der Waals surface area contributed by atoms with Gasteiger partial charge in [-0.05, 0) is 38.0 Å². The Morgan fingerprint density at radius 2 is 1.73 bits per heavy atom. The Morgan fingerprint density at radius 1 is 1.18 bits per heavy atom. The molecule has 2 heteroatoms. The number of aryl methyl sites for hydroxylation is 1. The normalized spacial score (nSPS) is 10.2. The predicted molar refractivity (Wildman–Crippen MR) is 50.5 cm³/mol. The van der Waals surface area contributed by atoms with Crippen molar-refractivity contribution in [2.24, 2.45) is 0 Å². The highest BCUT2D eigenvalue weighted by Crippen LogP contribution is 2.14. The Morgan fingerprint density at radius 3 is 2.27 bits per heavy atom. The monoisotopic (exact) mass is 162 g/mol. The summed E-state index contributed by atoms with van der Waals surface area (Å²) in [5.74, 6) is 0. The Balaban J connectivity index is 3.46. The van der Waals surface area contributed by atoms with E-state index in [-0.39, 0.29) is 0 Å². The van der Waals surface area contributed by atoms with Gasteiger partial charge in [0.25, 0.3) is 0 Å². The van der Waals surface area contributed by atoms with Gasteiger partial charge in [0.1, 0.15) is 0 Å². The number of anilines is 1. The van der Waals surface area contributed by atoms with Crippen molar-refractivity contribution in [1.82, 2.24) is 0 Å². The van der Waals surface area contributed by atoms with Gasteiger partial charge in [0.05, 0.1) is 10.2 Å². The van der Waals surface area contributed by atoms with Crippen molar-refractivity contribution in [3.05, 3.63) is 22.8 Å². The van der Waals surface area contributed by atoms with Crippen LogP contribution in [0.15, 0.2) is 6.07 Å². The molecule has 0 fully saturated rings. The minimum Gasteiger partial charge on any atom is -0.398 e. The van der Waals surface area contributed by atoms with E-state index in [1.54, 1.807) is 0 Å². The van der Waals surface area contributed by atoms with Crippen LogP contribution in [0.3, 0.4) is 0 Å². The van der Waals surface area contributed by atoms with Crippen LogP contribution in [0.1, 0.15) is 16.7 Å². The first-order chi connectivity index (χ1) is 5.04. The summed E-state index contributed by atoms with van der Waals surface area (Å²) in [5.41, 5.74) is 10.2. The highest BCUT2D eigenvalue weighted by atomic mass is 28.1. The highest BCUT2D eigenvalue weighted by Gasteiger charge is 2.03. The molecule has 3 radical (unpaired) electrons. The van der Waals surface area contributed by atoms with Crippen LogP contribution in [0.5, 0.6) is 0 Å². The zero-order chi connectivity index (χ0) is 8.59. The van der Waals surface area contributed by atoms with Crippen molar-refractivity contribution in [2.75, 3.05) is 5.73 Å². The molecular weight excluding hydrogens is 150 g/mol. The lowest BCUT2D eigenvalue weighted by Crippen LogP contribution is -2.14. The Kier molecular flexibility index (Phi) is 2.05. The summed E-state index contributed by atoms with van der Waals surface area (Å²) in [7, 11) is 3.56. The minimum atomic E-state index is 0.877. The van der Waals surface area contributed by atoms with E-state index < -0.39 is 0 Å². The van der Waals surface area contributed by atoms with E-state index in [0.29, 0.717) is 0 Å². The van der Waals surface area contributed by atoms with Gasteiger partial charge in [-0.15, -0.1) is 0 Å². The summed E-state index contributed by atoms with van der Waals surface area (Å²) in [4.78, 5) is 0. The van der Waals surface area contributed by atoms with Gasteiger partial charge in [0.2, 0.25) is 0 Å². The first kappa shape index (κ1) is 8.33. The van der Waals surface area contributed by atoms with E-state index in [0.717, 1.165) is 10.9 Å². The lowest BCUT2D eigenvalue weighted by atomic mass is 10.0. The van der Waals surface area contributed by atoms with Crippen molar-refractivity contribution in [3.8, 4) is 0 Å². The van der Waals surface area contributed by atoms with Crippen LogP contribution >= 0.6 is 0 Å². The topological polar surface area (TPSA) is 26.0 Å².